The van der Waals surface area contributed by atoms with Crippen LogP contribution in [0.2, 0.25) is 0 Å². The van der Waals surface area contributed by atoms with Crippen LogP contribution >= 0.6 is 11.3 Å². The van der Waals surface area contributed by atoms with Gasteiger partial charge < -0.3 is 9.47 Å². The van der Waals surface area contributed by atoms with E-state index in [0.717, 1.165) is 0 Å². The number of carbonyl (C=O) groups excluding carboxylic acids is 2. The molecule has 15 heavy (non-hydrogen) atoms. The zero-order chi connectivity index (χ0) is 11.3. The van der Waals surface area contributed by atoms with Crippen LogP contribution in [0, 0.1) is 0 Å². The molecule has 0 spiro atoms. The number of carbonyl (C=O) groups is 2. The molecule has 0 N–H and O–H groups in total. The second-order valence-corrected chi connectivity index (χ2v) is 3.79. The van der Waals surface area contributed by atoms with E-state index in [1.807, 2.05) is 0 Å². The first-order valence-electron chi connectivity index (χ1n) is 4.34. The molecule has 0 atom stereocenters. The molecule has 1 heterocycles. The fraction of sp³-hybridized carbons (Fsp3) is 0.400. The molecule has 0 saturated heterocycles. The number of rotatable bonds is 6. The van der Waals surface area contributed by atoms with Crippen molar-refractivity contribution in [2.75, 3.05) is 14.2 Å². The highest BCUT2D eigenvalue weighted by Gasteiger charge is 2.21. The van der Waals surface area contributed by atoms with Gasteiger partial charge >= 0.3 is 0 Å². The minimum Gasteiger partial charge on any atom is -0.349 e. The monoisotopic (exact) mass is 228 g/mol. The van der Waals surface area contributed by atoms with Gasteiger partial charge in [0.05, 0.1) is 11.3 Å². The maximum absolute atomic E-state index is 11.5. The van der Waals surface area contributed by atoms with Gasteiger partial charge in [0.2, 0.25) is 6.29 Å². The van der Waals surface area contributed by atoms with Crippen molar-refractivity contribution in [3.8, 4) is 0 Å². The molecule has 0 aliphatic rings. The highest BCUT2D eigenvalue weighted by molar-refractivity contribution is 7.12. The average molecular weight is 228 g/mol. The lowest BCUT2D eigenvalue weighted by molar-refractivity contribution is -0.155. The molecule has 82 valence electrons. The van der Waals surface area contributed by atoms with Crippen LogP contribution in [-0.2, 0) is 14.3 Å². The van der Waals surface area contributed by atoms with Crippen LogP contribution in [0.5, 0.6) is 0 Å². The van der Waals surface area contributed by atoms with Crippen molar-refractivity contribution in [1.29, 1.82) is 0 Å². The summed E-state index contributed by atoms with van der Waals surface area (Å²) >= 11 is 1.32. The third-order valence-corrected chi connectivity index (χ3v) is 2.73. The molecule has 0 radical (unpaired) electrons. The summed E-state index contributed by atoms with van der Waals surface area (Å²) in [6.07, 6.45) is -1.14. The second-order valence-electron chi connectivity index (χ2n) is 2.85. The number of thiophene rings is 1. The largest absolute Gasteiger partial charge is 0.349 e. The second kappa shape index (κ2) is 5.75. The zero-order valence-corrected chi connectivity index (χ0v) is 9.37. The van der Waals surface area contributed by atoms with Crippen LogP contribution in [-0.4, -0.2) is 32.1 Å². The maximum Gasteiger partial charge on any atom is 0.217 e. The molecule has 5 heteroatoms. The first kappa shape index (κ1) is 12.0. The highest BCUT2D eigenvalue weighted by atomic mass is 32.1. The SMILES string of the molecule is COC(OC)C(=O)CC(=O)c1cccs1. The van der Waals surface area contributed by atoms with E-state index in [-0.39, 0.29) is 18.0 Å². The summed E-state index contributed by atoms with van der Waals surface area (Å²) in [5.41, 5.74) is 0. The Hall–Kier alpha value is -1.04. The number of Topliss-reactive ketones (excluding diaryl/α,β-unsaturated/α-hetero) is 2. The van der Waals surface area contributed by atoms with Crippen molar-refractivity contribution < 1.29 is 19.1 Å². The first-order valence-corrected chi connectivity index (χ1v) is 5.22. The smallest absolute Gasteiger partial charge is 0.217 e. The number of ether oxygens (including phenoxy) is 2. The molecule has 1 rings (SSSR count). The molecule has 0 aliphatic carbocycles. The van der Waals surface area contributed by atoms with Crippen molar-refractivity contribution in [2.24, 2.45) is 0 Å². The Labute approximate surface area is 91.8 Å². The predicted octanol–water partition coefficient (Wildman–Crippen LogP) is 1.51. The van der Waals surface area contributed by atoms with Gasteiger partial charge in [-0.15, -0.1) is 11.3 Å². The van der Waals surface area contributed by atoms with Gasteiger partial charge in [-0.25, -0.2) is 0 Å². The topological polar surface area (TPSA) is 52.6 Å². The Morgan fingerprint density at radius 2 is 2.07 bits per heavy atom. The summed E-state index contributed by atoms with van der Waals surface area (Å²) in [4.78, 5) is 23.6. The van der Waals surface area contributed by atoms with Gasteiger partial charge in [-0.2, -0.15) is 0 Å². The predicted molar refractivity (Wildman–Crippen MR) is 56.1 cm³/mol. The van der Waals surface area contributed by atoms with E-state index < -0.39 is 6.29 Å². The lowest BCUT2D eigenvalue weighted by Crippen LogP contribution is -2.26. The van der Waals surface area contributed by atoms with Gasteiger partial charge in [-0.05, 0) is 11.4 Å². The van der Waals surface area contributed by atoms with Crippen LogP contribution in [0.3, 0.4) is 0 Å². The van der Waals surface area contributed by atoms with Gasteiger partial charge in [0, 0.05) is 14.2 Å². The van der Waals surface area contributed by atoms with Crippen LogP contribution < -0.4 is 0 Å². The van der Waals surface area contributed by atoms with E-state index in [9.17, 15) is 9.59 Å². The van der Waals surface area contributed by atoms with Crippen LogP contribution in [0.15, 0.2) is 17.5 Å². The minimum absolute atomic E-state index is 0.188. The lowest BCUT2D eigenvalue weighted by atomic mass is 10.1. The van der Waals surface area contributed by atoms with Crippen LogP contribution in [0.25, 0.3) is 0 Å². The van der Waals surface area contributed by atoms with E-state index >= 15 is 0 Å². The molecule has 0 fully saturated rings. The highest BCUT2D eigenvalue weighted by Crippen LogP contribution is 2.12. The summed E-state index contributed by atoms with van der Waals surface area (Å²) in [7, 11) is 2.73. The maximum atomic E-state index is 11.5. The van der Waals surface area contributed by atoms with E-state index in [1.54, 1.807) is 17.5 Å². The van der Waals surface area contributed by atoms with Gasteiger partial charge in [-0.3, -0.25) is 9.59 Å². The Kier molecular flexibility index (Phi) is 4.61. The standard InChI is InChI=1S/C10H12O4S/c1-13-10(14-2)8(12)6-7(11)9-4-3-5-15-9/h3-5,10H,6H2,1-2H3. The third-order valence-electron chi connectivity index (χ3n) is 1.82. The summed E-state index contributed by atoms with van der Waals surface area (Å²) < 4.78 is 9.52. The quantitative estimate of drug-likeness (QED) is 0.420. The van der Waals surface area contributed by atoms with Gasteiger partial charge in [-0.1, -0.05) is 6.07 Å². The van der Waals surface area contributed by atoms with Crippen LogP contribution in [0.1, 0.15) is 16.1 Å². The Balaban J connectivity index is 2.55. The number of methoxy groups -OCH3 is 2. The summed E-state index contributed by atoms with van der Waals surface area (Å²) in [6, 6.07) is 3.46. The molecular weight excluding hydrogens is 216 g/mol. The van der Waals surface area contributed by atoms with Crippen molar-refractivity contribution in [3.05, 3.63) is 22.4 Å². The molecule has 0 bridgehead atoms. The fourth-order valence-electron chi connectivity index (χ4n) is 1.13. The van der Waals surface area contributed by atoms with Crippen molar-refractivity contribution in [2.45, 2.75) is 12.7 Å². The Morgan fingerprint density at radius 1 is 1.40 bits per heavy atom. The van der Waals surface area contributed by atoms with E-state index in [1.165, 1.54) is 25.6 Å². The normalized spacial score (nSPS) is 10.6. The van der Waals surface area contributed by atoms with E-state index in [0.29, 0.717) is 4.88 Å². The minimum atomic E-state index is -0.950. The molecule has 1 aromatic heterocycles. The first-order chi connectivity index (χ1) is 7.19. The molecule has 0 saturated carbocycles. The molecular formula is C10H12O4S. The van der Waals surface area contributed by atoms with Gasteiger partial charge in [0.15, 0.2) is 11.6 Å². The number of ketones is 2. The lowest BCUT2D eigenvalue weighted by Gasteiger charge is -2.10. The molecule has 0 aromatic carbocycles. The number of hydrogen-bond donors (Lipinski definition) is 0. The zero-order valence-electron chi connectivity index (χ0n) is 8.56. The summed E-state index contributed by atoms with van der Waals surface area (Å²) in [5.74, 6) is -0.562. The van der Waals surface area contributed by atoms with E-state index in [4.69, 9.17) is 9.47 Å². The van der Waals surface area contributed by atoms with Crippen molar-refractivity contribution in [1.82, 2.24) is 0 Å². The third kappa shape index (κ3) is 3.23. The molecule has 0 unspecified atom stereocenters. The van der Waals surface area contributed by atoms with Gasteiger partial charge in [0.1, 0.15) is 0 Å². The Bertz CT molecular complexity index is 327. The number of hydrogen-bond acceptors (Lipinski definition) is 5. The van der Waals surface area contributed by atoms with Crippen molar-refractivity contribution >= 4 is 22.9 Å². The summed E-state index contributed by atoms with van der Waals surface area (Å²) in [6.45, 7) is 0. The molecule has 0 amide bonds. The average Bonchev–Trinajstić information content (AvgIpc) is 2.72. The fourth-order valence-corrected chi connectivity index (χ4v) is 1.79. The molecule has 0 aliphatic heterocycles. The Morgan fingerprint density at radius 3 is 2.53 bits per heavy atom. The molecule has 4 nitrogen and oxygen atoms in total. The summed E-state index contributed by atoms with van der Waals surface area (Å²) in [5, 5.41) is 1.79. The molecule has 1 aromatic rings. The van der Waals surface area contributed by atoms with Crippen molar-refractivity contribution in [3.63, 3.8) is 0 Å². The van der Waals surface area contributed by atoms with Gasteiger partial charge in [0.25, 0.3) is 0 Å². The van der Waals surface area contributed by atoms with Crippen LogP contribution in [0.4, 0.5) is 0 Å². The van der Waals surface area contributed by atoms with E-state index in [2.05, 4.69) is 0 Å².